The predicted octanol–water partition coefficient (Wildman–Crippen LogP) is 2.99. The molecule has 0 aliphatic carbocycles. The van der Waals surface area contributed by atoms with Crippen LogP contribution in [-0.4, -0.2) is 32.3 Å². The molecular formula is C17H30N2O. The van der Waals surface area contributed by atoms with Crippen LogP contribution in [-0.2, 0) is 0 Å². The third kappa shape index (κ3) is 8.18. The third-order valence-electron chi connectivity index (χ3n) is 3.08. The smallest absolute Gasteiger partial charge is 0.119 e. The Balaban J connectivity index is 2.01. The summed E-state index contributed by atoms with van der Waals surface area (Å²) in [5, 5.41) is 6.98. The van der Waals surface area contributed by atoms with Crippen LogP contribution in [0.3, 0.4) is 0 Å². The summed E-state index contributed by atoms with van der Waals surface area (Å²) in [5.74, 6) is 1.68. The summed E-state index contributed by atoms with van der Waals surface area (Å²) < 4.78 is 5.73. The molecule has 2 N–H and O–H groups in total. The van der Waals surface area contributed by atoms with Crippen molar-refractivity contribution in [1.29, 1.82) is 0 Å². The molecule has 3 heteroatoms. The Hall–Kier alpha value is -1.06. The molecular weight excluding hydrogens is 248 g/mol. The zero-order valence-electron chi connectivity index (χ0n) is 13.4. The number of hydrogen-bond acceptors (Lipinski definition) is 3. The Morgan fingerprint density at radius 1 is 1.15 bits per heavy atom. The summed E-state index contributed by atoms with van der Waals surface area (Å²) in [7, 11) is 0. The first-order chi connectivity index (χ1) is 9.58. The maximum absolute atomic E-state index is 5.73. The van der Waals surface area contributed by atoms with Crippen LogP contribution >= 0.6 is 0 Å². The van der Waals surface area contributed by atoms with Gasteiger partial charge in [-0.3, -0.25) is 0 Å². The molecule has 0 spiro atoms. The first kappa shape index (κ1) is 17.0. The lowest BCUT2D eigenvalue weighted by molar-refractivity contribution is 0.304. The monoisotopic (exact) mass is 278 g/mol. The second kappa shape index (κ2) is 9.78. The van der Waals surface area contributed by atoms with Gasteiger partial charge >= 0.3 is 0 Å². The lowest BCUT2D eigenvalue weighted by Gasteiger charge is -2.15. The number of ether oxygens (including phenoxy) is 1. The van der Waals surface area contributed by atoms with E-state index in [1.807, 2.05) is 12.1 Å². The molecule has 0 saturated carbocycles. The fourth-order valence-corrected chi connectivity index (χ4v) is 1.98. The van der Waals surface area contributed by atoms with Crippen molar-refractivity contribution >= 4 is 0 Å². The van der Waals surface area contributed by atoms with Gasteiger partial charge in [-0.05, 0) is 57.0 Å². The standard InChI is InChI=1S/C17H30N2O/c1-14(2)12-18-13-16(4)19-9-6-10-20-17-8-5-7-15(3)11-17/h5,7-8,11,14,16,18-19H,6,9-10,12-13H2,1-4H3. The maximum Gasteiger partial charge on any atom is 0.119 e. The summed E-state index contributed by atoms with van der Waals surface area (Å²) >= 11 is 0. The van der Waals surface area contributed by atoms with Crippen molar-refractivity contribution in [3.8, 4) is 5.75 Å². The van der Waals surface area contributed by atoms with Crippen LogP contribution in [0, 0.1) is 12.8 Å². The SMILES string of the molecule is Cc1cccc(OCCCNC(C)CNCC(C)C)c1. The molecule has 0 aliphatic rings. The van der Waals surface area contributed by atoms with Crippen LogP contribution in [0.1, 0.15) is 32.8 Å². The van der Waals surface area contributed by atoms with Crippen LogP contribution in [0.5, 0.6) is 5.75 Å². The van der Waals surface area contributed by atoms with E-state index in [-0.39, 0.29) is 0 Å². The normalized spacial score (nSPS) is 12.7. The highest BCUT2D eigenvalue weighted by atomic mass is 16.5. The van der Waals surface area contributed by atoms with Crippen LogP contribution < -0.4 is 15.4 Å². The highest BCUT2D eigenvalue weighted by molar-refractivity contribution is 5.27. The first-order valence-electron chi connectivity index (χ1n) is 7.71. The highest BCUT2D eigenvalue weighted by Crippen LogP contribution is 2.12. The van der Waals surface area contributed by atoms with E-state index in [1.165, 1.54) is 5.56 Å². The molecule has 0 heterocycles. The minimum absolute atomic E-state index is 0.507. The third-order valence-corrected chi connectivity index (χ3v) is 3.08. The van der Waals surface area contributed by atoms with Crippen molar-refractivity contribution in [3.63, 3.8) is 0 Å². The minimum Gasteiger partial charge on any atom is -0.494 e. The van der Waals surface area contributed by atoms with Crippen molar-refractivity contribution in [2.75, 3.05) is 26.2 Å². The molecule has 0 amide bonds. The number of benzene rings is 1. The van der Waals surface area contributed by atoms with Gasteiger partial charge in [-0.15, -0.1) is 0 Å². The first-order valence-corrected chi connectivity index (χ1v) is 7.71. The lowest BCUT2D eigenvalue weighted by atomic mass is 10.2. The summed E-state index contributed by atoms with van der Waals surface area (Å²) in [5.41, 5.74) is 1.24. The fraction of sp³-hybridized carbons (Fsp3) is 0.647. The zero-order chi connectivity index (χ0) is 14.8. The van der Waals surface area contributed by atoms with Gasteiger partial charge in [0.15, 0.2) is 0 Å². The maximum atomic E-state index is 5.73. The molecule has 1 rings (SSSR count). The van der Waals surface area contributed by atoms with Crippen LogP contribution in [0.25, 0.3) is 0 Å². The summed E-state index contributed by atoms with van der Waals surface area (Å²) in [6.45, 7) is 12.6. The molecule has 0 radical (unpaired) electrons. The Labute approximate surface area is 124 Å². The Morgan fingerprint density at radius 3 is 2.65 bits per heavy atom. The quantitative estimate of drug-likeness (QED) is 0.646. The van der Waals surface area contributed by atoms with E-state index in [0.717, 1.165) is 38.4 Å². The number of nitrogens with one attached hydrogen (secondary N) is 2. The molecule has 1 aromatic rings. The molecule has 3 nitrogen and oxygen atoms in total. The van der Waals surface area contributed by atoms with E-state index < -0.39 is 0 Å². The van der Waals surface area contributed by atoms with E-state index in [2.05, 4.69) is 50.5 Å². The lowest BCUT2D eigenvalue weighted by Crippen LogP contribution is -2.38. The molecule has 20 heavy (non-hydrogen) atoms. The second-order valence-electron chi connectivity index (χ2n) is 5.93. The van der Waals surface area contributed by atoms with Crippen molar-refractivity contribution in [2.24, 2.45) is 5.92 Å². The van der Waals surface area contributed by atoms with Crippen molar-refractivity contribution in [1.82, 2.24) is 10.6 Å². The second-order valence-corrected chi connectivity index (χ2v) is 5.93. The summed E-state index contributed by atoms with van der Waals surface area (Å²) in [6, 6.07) is 8.71. The summed E-state index contributed by atoms with van der Waals surface area (Å²) in [4.78, 5) is 0. The largest absolute Gasteiger partial charge is 0.494 e. The van der Waals surface area contributed by atoms with Crippen LogP contribution in [0.2, 0.25) is 0 Å². The Bertz CT molecular complexity index is 366. The average molecular weight is 278 g/mol. The predicted molar refractivity (Wildman–Crippen MR) is 86.5 cm³/mol. The van der Waals surface area contributed by atoms with E-state index in [1.54, 1.807) is 0 Å². The van der Waals surface area contributed by atoms with Gasteiger partial charge in [-0.1, -0.05) is 26.0 Å². The summed E-state index contributed by atoms with van der Waals surface area (Å²) in [6.07, 6.45) is 1.03. The molecule has 0 aromatic heterocycles. The van der Waals surface area contributed by atoms with Gasteiger partial charge in [0.25, 0.3) is 0 Å². The van der Waals surface area contributed by atoms with Crippen LogP contribution in [0.4, 0.5) is 0 Å². The van der Waals surface area contributed by atoms with Crippen molar-refractivity contribution < 1.29 is 4.74 Å². The fourth-order valence-electron chi connectivity index (χ4n) is 1.98. The van der Waals surface area contributed by atoms with Crippen molar-refractivity contribution in [3.05, 3.63) is 29.8 Å². The highest BCUT2D eigenvalue weighted by Gasteiger charge is 2.01. The van der Waals surface area contributed by atoms with E-state index in [9.17, 15) is 0 Å². The van der Waals surface area contributed by atoms with Gasteiger partial charge < -0.3 is 15.4 Å². The van der Waals surface area contributed by atoms with E-state index in [4.69, 9.17) is 4.74 Å². The molecule has 0 aliphatic heterocycles. The zero-order valence-corrected chi connectivity index (χ0v) is 13.4. The molecule has 114 valence electrons. The average Bonchev–Trinajstić information content (AvgIpc) is 2.38. The topological polar surface area (TPSA) is 33.3 Å². The van der Waals surface area contributed by atoms with Crippen LogP contribution in [0.15, 0.2) is 24.3 Å². The number of rotatable bonds is 10. The minimum atomic E-state index is 0.507. The number of aryl methyl sites for hydroxylation is 1. The van der Waals surface area contributed by atoms with Gasteiger partial charge in [0.05, 0.1) is 6.61 Å². The molecule has 0 saturated heterocycles. The number of hydrogen-bond donors (Lipinski definition) is 2. The molecule has 1 atom stereocenters. The van der Waals surface area contributed by atoms with E-state index >= 15 is 0 Å². The van der Waals surface area contributed by atoms with E-state index in [0.29, 0.717) is 12.0 Å². The van der Waals surface area contributed by atoms with Gasteiger partial charge in [0, 0.05) is 12.6 Å². The molecule has 0 fully saturated rings. The van der Waals surface area contributed by atoms with Gasteiger partial charge in [-0.2, -0.15) is 0 Å². The van der Waals surface area contributed by atoms with Crippen molar-refractivity contribution in [2.45, 2.75) is 40.2 Å². The Kier molecular flexibility index (Phi) is 8.31. The molecule has 1 aromatic carbocycles. The van der Waals surface area contributed by atoms with Gasteiger partial charge in [-0.25, -0.2) is 0 Å². The Morgan fingerprint density at radius 2 is 1.95 bits per heavy atom. The molecule has 0 bridgehead atoms. The van der Waals surface area contributed by atoms with Gasteiger partial charge in [0.1, 0.15) is 5.75 Å². The van der Waals surface area contributed by atoms with Gasteiger partial charge in [0.2, 0.25) is 0 Å². The molecule has 1 unspecified atom stereocenters.